The van der Waals surface area contributed by atoms with Crippen LogP contribution in [0, 0.1) is 11.7 Å². The van der Waals surface area contributed by atoms with Crippen molar-refractivity contribution >= 4 is 17.6 Å². The predicted octanol–water partition coefficient (Wildman–Crippen LogP) is 3.00. The Bertz CT molecular complexity index is 508. The molecular weight excluding hydrogens is 295 g/mol. The summed E-state index contributed by atoms with van der Waals surface area (Å²) in [4.78, 5) is 11.7. The van der Waals surface area contributed by atoms with Crippen LogP contribution in [0.4, 0.5) is 9.18 Å². The Labute approximate surface area is 128 Å². The van der Waals surface area contributed by atoms with Crippen LogP contribution in [0.25, 0.3) is 0 Å². The van der Waals surface area contributed by atoms with E-state index in [9.17, 15) is 14.3 Å². The van der Waals surface area contributed by atoms with Gasteiger partial charge in [-0.3, -0.25) is 0 Å². The molecule has 1 aliphatic rings. The van der Waals surface area contributed by atoms with E-state index in [1.165, 1.54) is 24.6 Å². The summed E-state index contributed by atoms with van der Waals surface area (Å²) in [5.41, 5.74) is 0.379. The molecule has 4 nitrogen and oxygen atoms in total. The molecule has 0 saturated heterocycles. The lowest BCUT2D eigenvalue weighted by Crippen LogP contribution is -2.46. The van der Waals surface area contributed by atoms with Gasteiger partial charge in [0.2, 0.25) is 0 Å². The molecule has 21 heavy (non-hydrogen) atoms. The molecule has 1 saturated carbocycles. The van der Waals surface area contributed by atoms with Gasteiger partial charge in [-0.15, -0.1) is 0 Å². The fourth-order valence-electron chi connectivity index (χ4n) is 2.34. The summed E-state index contributed by atoms with van der Waals surface area (Å²) in [5.74, 6) is -0.0395. The lowest BCUT2D eigenvalue weighted by Gasteiger charge is -2.31. The third-order valence-corrected chi connectivity index (χ3v) is 4.31. The number of urea groups is 1. The number of aliphatic hydroxyl groups excluding tert-OH is 1. The number of nitrogens with one attached hydrogen (secondary N) is 2. The molecule has 0 radical (unpaired) electrons. The summed E-state index contributed by atoms with van der Waals surface area (Å²) >= 11 is 5.58. The van der Waals surface area contributed by atoms with E-state index in [-0.39, 0.29) is 23.6 Å². The molecule has 1 fully saturated rings. The normalized spacial score (nSPS) is 17.7. The molecule has 6 heteroatoms. The molecule has 0 heterocycles. The van der Waals surface area contributed by atoms with Gasteiger partial charge in [0.15, 0.2) is 0 Å². The number of hydrogen-bond donors (Lipinski definition) is 3. The Kier molecular flexibility index (Phi) is 5.42. The maximum Gasteiger partial charge on any atom is 0.315 e. The van der Waals surface area contributed by atoms with E-state index in [0.29, 0.717) is 11.5 Å². The fraction of sp³-hybridized carbons (Fsp3) is 0.533. The topological polar surface area (TPSA) is 61.4 Å². The first-order valence-corrected chi connectivity index (χ1v) is 7.52. The van der Waals surface area contributed by atoms with E-state index < -0.39 is 11.9 Å². The van der Waals surface area contributed by atoms with Gasteiger partial charge in [-0.1, -0.05) is 24.1 Å². The standard InChI is InChI=1S/C15H20ClFN2O2/c1-9(10-3-2-4-10)19-15(21)18-8-14(20)11-5-6-12(16)13(17)7-11/h5-7,9-10,14,20H,2-4,8H2,1H3,(H2,18,19,21). The Hall–Kier alpha value is -1.33. The minimum Gasteiger partial charge on any atom is -0.387 e. The number of rotatable bonds is 5. The average molecular weight is 315 g/mol. The molecule has 2 unspecified atom stereocenters. The van der Waals surface area contributed by atoms with E-state index in [1.54, 1.807) is 0 Å². The van der Waals surface area contributed by atoms with Crippen LogP contribution in [0.15, 0.2) is 18.2 Å². The van der Waals surface area contributed by atoms with Crippen molar-refractivity contribution in [2.45, 2.75) is 38.3 Å². The smallest absolute Gasteiger partial charge is 0.315 e. The van der Waals surface area contributed by atoms with Crippen molar-refractivity contribution in [1.82, 2.24) is 10.6 Å². The van der Waals surface area contributed by atoms with E-state index in [0.717, 1.165) is 12.8 Å². The van der Waals surface area contributed by atoms with E-state index in [2.05, 4.69) is 10.6 Å². The number of halogens is 2. The summed E-state index contributed by atoms with van der Waals surface area (Å²) in [6, 6.07) is 3.90. The zero-order valence-corrected chi connectivity index (χ0v) is 12.7. The van der Waals surface area contributed by atoms with Crippen molar-refractivity contribution < 1.29 is 14.3 Å². The minimum absolute atomic E-state index is 0.00553. The number of carbonyl (C=O) groups excluding carboxylic acids is 1. The highest BCUT2D eigenvalue weighted by Crippen LogP contribution is 2.29. The maximum absolute atomic E-state index is 13.3. The Morgan fingerprint density at radius 2 is 2.24 bits per heavy atom. The monoisotopic (exact) mass is 314 g/mol. The van der Waals surface area contributed by atoms with Crippen LogP contribution in [0.5, 0.6) is 0 Å². The highest BCUT2D eigenvalue weighted by atomic mass is 35.5. The highest BCUT2D eigenvalue weighted by Gasteiger charge is 2.25. The van der Waals surface area contributed by atoms with Crippen LogP contribution in [-0.2, 0) is 0 Å². The molecule has 0 bridgehead atoms. The SMILES string of the molecule is CC(NC(=O)NCC(O)c1ccc(Cl)c(F)c1)C1CCC1. The Balaban J connectivity index is 1.78. The summed E-state index contributed by atoms with van der Waals surface area (Å²) in [7, 11) is 0. The summed E-state index contributed by atoms with van der Waals surface area (Å²) < 4.78 is 13.3. The number of benzene rings is 1. The van der Waals surface area contributed by atoms with Gasteiger partial charge in [-0.05, 0) is 43.4 Å². The molecule has 1 aliphatic carbocycles. The van der Waals surface area contributed by atoms with Crippen molar-refractivity contribution in [2.24, 2.45) is 5.92 Å². The largest absolute Gasteiger partial charge is 0.387 e. The van der Waals surface area contributed by atoms with Crippen molar-refractivity contribution in [1.29, 1.82) is 0 Å². The second-order valence-electron chi connectivity index (χ2n) is 5.52. The lowest BCUT2D eigenvalue weighted by atomic mass is 9.80. The number of hydrogen-bond acceptors (Lipinski definition) is 2. The van der Waals surface area contributed by atoms with Gasteiger partial charge < -0.3 is 15.7 Å². The molecule has 0 aliphatic heterocycles. The van der Waals surface area contributed by atoms with Gasteiger partial charge in [-0.25, -0.2) is 9.18 Å². The first-order valence-electron chi connectivity index (χ1n) is 7.14. The molecule has 2 rings (SSSR count). The van der Waals surface area contributed by atoms with Gasteiger partial charge in [0.05, 0.1) is 11.1 Å². The Morgan fingerprint density at radius 1 is 1.52 bits per heavy atom. The van der Waals surface area contributed by atoms with Gasteiger partial charge in [0, 0.05) is 12.6 Å². The molecule has 0 spiro atoms. The van der Waals surface area contributed by atoms with Gasteiger partial charge in [-0.2, -0.15) is 0 Å². The van der Waals surface area contributed by atoms with Crippen LogP contribution in [0.1, 0.15) is 37.9 Å². The molecule has 1 aromatic rings. The quantitative estimate of drug-likeness (QED) is 0.782. The van der Waals surface area contributed by atoms with Crippen molar-refractivity contribution in [3.8, 4) is 0 Å². The van der Waals surface area contributed by atoms with Gasteiger partial charge in [0.1, 0.15) is 5.82 Å². The van der Waals surface area contributed by atoms with E-state index in [1.807, 2.05) is 6.92 Å². The van der Waals surface area contributed by atoms with Crippen LogP contribution in [0.3, 0.4) is 0 Å². The van der Waals surface area contributed by atoms with Gasteiger partial charge >= 0.3 is 6.03 Å². The fourth-order valence-corrected chi connectivity index (χ4v) is 2.46. The van der Waals surface area contributed by atoms with E-state index in [4.69, 9.17) is 11.6 Å². The molecule has 0 aromatic heterocycles. The number of amides is 2. The van der Waals surface area contributed by atoms with Gasteiger partial charge in [0.25, 0.3) is 0 Å². The van der Waals surface area contributed by atoms with Crippen LogP contribution < -0.4 is 10.6 Å². The first kappa shape index (κ1) is 16.0. The van der Waals surface area contributed by atoms with E-state index >= 15 is 0 Å². The van der Waals surface area contributed by atoms with Crippen molar-refractivity contribution in [2.75, 3.05) is 6.54 Å². The Morgan fingerprint density at radius 3 is 2.81 bits per heavy atom. The summed E-state index contributed by atoms with van der Waals surface area (Å²) in [6.07, 6.45) is 2.54. The zero-order valence-electron chi connectivity index (χ0n) is 11.9. The molecule has 2 atom stereocenters. The molecular formula is C15H20ClFN2O2. The third kappa shape index (κ3) is 4.32. The predicted molar refractivity (Wildman–Crippen MR) is 79.7 cm³/mol. The average Bonchev–Trinajstić information content (AvgIpc) is 2.37. The van der Waals surface area contributed by atoms with Crippen molar-refractivity contribution in [3.63, 3.8) is 0 Å². The zero-order chi connectivity index (χ0) is 15.4. The maximum atomic E-state index is 13.3. The summed E-state index contributed by atoms with van der Waals surface area (Å²) in [5, 5.41) is 15.4. The van der Waals surface area contributed by atoms with Crippen LogP contribution >= 0.6 is 11.6 Å². The van der Waals surface area contributed by atoms with Crippen LogP contribution in [0.2, 0.25) is 5.02 Å². The number of aliphatic hydroxyl groups is 1. The number of carbonyl (C=O) groups is 1. The molecule has 1 aromatic carbocycles. The second-order valence-corrected chi connectivity index (χ2v) is 5.93. The van der Waals surface area contributed by atoms with Crippen LogP contribution in [-0.4, -0.2) is 23.7 Å². The third-order valence-electron chi connectivity index (χ3n) is 4.00. The minimum atomic E-state index is -0.971. The molecule has 116 valence electrons. The molecule has 3 N–H and O–H groups in total. The lowest BCUT2D eigenvalue weighted by molar-refractivity contribution is 0.169. The van der Waals surface area contributed by atoms with Crippen molar-refractivity contribution in [3.05, 3.63) is 34.6 Å². The highest BCUT2D eigenvalue weighted by molar-refractivity contribution is 6.30. The second kappa shape index (κ2) is 7.09. The first-order chi connectivity index (χ1) is 9.97. The molecule has 2 amide bonds. The summed E-state index contributed by atoms with van der Waals surface area (Å²) in [6.45, 7) is 2.00.